The Morgan fingerprint density at radius 2 is 1.59 bits per heavy atom. The van der Waals surface area contributed by atoms with Crippen molar-refractivity contribution in [1.82, 2.24) is 4.98 Å². The average Bonchev–Trinajstić information content (AvgIpc) is 3.20. The lowest BCUT2D eigenvalue weighted by Crippen LogP contribution is -2.05. The highest BCUT2D eigenvalue weighted by Crippen LogP contribution is 2.40. The minimum absolute atomic E-state index is 0.114. The molecule has 0 aliphatic rings. The molecule has 18 heteroatoms. The topological polar surface area (TPSA) is 245 Å². The van der Waals surface area contributed by atoms with Crippen molar-refractivity contribution in [3.05, 3.63) is 58.6 Å². The molecular weight excluding hydrogens is 576 g/mol. The van der Waals surface area contributed by atoms with E-state index in [0.29, 0.717) is 23.0 Å². The third-order valence-electron chi connectivity index (χ3n) is 5.09. The van der Waals surface area contributed by atoms with E-state index >= 15 is 0 Å². The molecular formula is C21H16N6O9S3. The molecule has 4 aromatic rings. The lowest BCUT2D eigenvalue weighted by atomic mass is 10.1. The minimum Gasteiger partial charge on any atom is -0.375 e. The number of carbonyl (C=O) groups excluding carboxylic acids is 1. The molecule has 1 heterocycles. The number of nitro groups is 1. The molecule has 0 unspecified atom stereocenters. The van der Waals surface area contributed by atoms with Gasteiger partial charge in [0.25, 0.3) is 25.9 Å². The van der Waals surface area contributed by atoms with Crippen LogP contribution in [-0.4, -0.2) is 41.8 Å². The number of hydrogen-bond donors (Lipinski definition) is 4. The fraction of sp³-hybridized carbons (Fsp3) is 0.0476. The zero-order valence-electron chi connectivity index (χ0n) is 19.5. The summed E-state index contributed by atoms with van der Waals surface area (Å²) in [5.74, 6) is -0.262. The van der Waals surface area contributed by atoms with Crippen LogP contribution in [0.4, 0.5) is 27.2 Å². The molecule has 5 N–H and O–H groups in total. The predicted molar refractivity (Wildman–Crippen MR) is 141 cm³/mol. The number of nitrogens with two attached hydrogens (primary N) is 1. The van der Waals surface area contributed by atoms with E-state index in [0.717, 1.165) is 29.5 Å². The van der Waals surface area contributed by atoms with Gasteiger partial charge in [-0.2, -0.15) is 16.8 Å². The van der Waals surface area contributed by atoms with Gasteiger partial charge in [-0.25, -0.2) is 4.98 Å². The van der Waals surface area contributed by atoms with Gasteiger partial charge in [0.2, 0.25) is 5.91 Å². The first-order valence-corrected chi connectivity index (χ1v) is 14.1. The third kappa shape index (κ3) is 6.04. The van der Waals surface area contributed by atoms with Crippen LogP contribution < -0.4 is 11.1 Å². The number of nitrogens with one attached hydrogen (secondary N) is 1. The maximum absolute atomic E-state index is 12.1. The molecule has 4 rings (SSSR count). The molecule has 0 bridgehead atoms. The summed E-state index contributed by atoms with van der Waals surface area (Å²) in [6, 6.07) is 9.63. The van der Waals surface area contributed by atoms with E-state index in [1.54, 1.807) is 24.3 Å². The number of benzene rings is 3. The first-order valence-electron chi connectivity index (χ1n) is 10.4. The van der Waals surface area contributed by atoms with Crippen LogP contribution in [0.15, 0.2) is 68.6 Å². The number of thiazole rings is 1. The zero-order valence-corrected chi connectivity index (χ0v) is 21.9. The number of hydrogen-bond acceptors (Lipinski definition) is 12. The zero-order chi connectivity index (χ0) is 28.7. The van der Waals surface area contributed by atoms with E-state index in [9.17, 15) is 40.8 Å². The Kier molecular flexibility index (Phi) is 7.15. The number of nitro benzene ring substituents is 1. The molecule has 1 amide bonds. The molecule has 0 aliphatic heterocycles. The second-order valence-corrected chi connectivity index (χ2v) is 11.6. The lowest BCUT2D eigenvalue weighted by molar-refractivity contribution is -0.384. The summed E-state index contributed by atoms with van der Waals surface area (Å²) < 4.78 is 67.6. The summed E-state index contributed by atoms with van der Waals surface area (Å²) in [6.45, 7) is 1.36. The molecule has 0 fully saturated rings. The molecule has 0 saturated heterocycles. The Balaban J connectivity index is 1.87. The quantitative estimate of drug-likeness (QED) is 0.102. The fourth-order valence-corrected chi connectivity index (χ4v) is 5.67. The molecule has 0 saturated carbocycles. The second kappa shape index (κ2) is 10.1. The molecule has 1 aromatic heterocycles. The van der Waals surface area contributed by atoms with Crippen molar-refractivity contribution in [2.45, 2.75) is 16.7 Å². The van der Waals surface area contributed by atoms with Crippen molar-refractivity contribution in [2.24, 2.45) is 10.2 Å². The first kappa shape index (κ1) is 27.7. The molecule has 3 aromatic carbocycles. The van der Waals surface area contributed by atoms with Crippen molar-refractivity contribution < 1.29 is 35.7 Å². The number of non-ortho nitro benzene ring substituents is 1. The molecule has 0 aliphatic carbocycles. The Morgan fingerprint density at radius 3 is 2.15 bits per heavy atom. The van der Waals surface area contributed by atoms with Gasteiger partial charge in [-0.3, -0.25) is 24.0 Å². The van der Waals surface area contributed by atoms with Crippen LogP contribution in [-0.2, 0) is 25.0 Å². The highest BCUT2D eigenvalue weighted by molar-refractivity contribution is 7.86. The van der Waals surface area contributed by atoms with E-state index in [1.807, 2.05) is 0 Å². The molecule has 202 valence electrons. The first-order chi connectivity index (χ1) is 18.1. The van der Waals surface area contributed by atoms with Gasteiger partial charge < -0.3 is 11.1 Å². The third-order valence-corrected chi connectivity index (χ3v) is 7.65. The Bertz CT molecular complexity index is 1900. The van der Waals surface area contributed by atoms with Gasteiger partial charge in [0.15, 0.2) is 10.1 Å². The SMILES string of the molecule is CC(=O)Nc1ccc(-c2nc(N)sc2/N=N/c2cc(S(=O)(=O)O)c3cc([N+](=O)[O-])cc(S(=O)(=O)O)c3c2)cc1. The molecule has 15 nitrogen and oxygen atoms in total. The van der Waals surface area contributed by atoms with Crippen LogP contribution in [0.5, 0.6) is 0 Å². The fourth-order valence-electron chi connectivity index (χ4n) is 3.56. The summed E-state index contributed by atoms with van der Waals surface area (Å²) in [7, 11) is -10.1. The van der Waals surface area contributed by atoms with Crippen molar-refractivity contribution in [1.29, 1.82) is 0 Å². The van der Waals surface area contributed by atoms with Gasteiger partial charge in [-0.05, 0) is 24.3 Å². The summed E-state index contributed by atoms with van der Waals surface area (Å²) in [5, 5.41) is 21.2. The van der Waals surface area contributed by atoms with Crippen LogP contribution in [0, 0.1) is 10.1 Å². The number of nitrogen functional groups attached to an aromatic ring is 1. The number of azo groups is 1. The predicted octanol–water partition coefficient (Wildman–Crippen LogP) is 4.32. The largest absolute Gasteiger partial charge is 0.375 e. The Morgan fingerprint density at radius 1 is 1.00 bits per heavy atom. The Labute approximate surface area is 223 Å². The number of carbonyl (C=O) groups is 1. The average molecular weight is 593 g/mol. The number of rotatable bonds is 7. The smallest absolute Gasteiger partial charge is 0.295 e. The number of anilines is 2. The summed E-state index contributed by atoms with van der Waals surface area (Å²) in [5.41, 5.74) is 6.07. The molecule has 0 radical (unpaired) electrons. The molecule has 0 atom stereocenters. The van der Waals surface area contributed by atoms with Crippen molar-refractivity contribution in [2.75, 3.05) is 11.1 Å². The van der Waals surface area contributed by atoms with Crippen molar-refractivity contribution >= 4 is 75.4 Å². The molecule has 0 spiro atoms. The highest BCUT2D eigenvalue weighted by atomic mass is 32.2. The van der Waals surface area contributed by atoms with E-state index in [2.05, 4.69) is 20.5 Å². The van der Waals surface area contributed by atoms with Crippen molar-refractivity contribution in [3.8, 4) is 11.3 Å². The van der Waals surface area contributed by atoms with Crippen molar-refractivity contribution in [3.63, 3.8) is 0 Å². The molecule has 39 heavy (non-hydrogen) atoms. The van der Waals surface area contributed by atoms with Crippen LogP contribution in [0.25, 0.3) is 22.0 Å². The van der Waals surface area contributed by atoms with Gasteiger partial charge in [-0.1, -0.05) is 23.5 Å². The number of fused-ring (bicyclic) bond motifs is 1. The van der Waals surface area contributed by atoms with Crippen LogP contribution >= 0.6 is 11.3 Å². The summed E-state index contributed by atoms with van der Waals surface area (Å²) >= 11 is 0.927. The monoisotopic (exact) mass is 592 g/mol. The lowest BCUT2D eigenvalue weighted by Gasteiger charge is -2.09. The van der Waals surface area contributed by atoms with Gasteiger partial charge in [0, 0.05) is 41.1 Å². The van der Waals surface area contributed by atoms with Gasteiger partial charge >= 0.3 is 0 Å². The maximum Gasteiger partial charge on any atom is 0.295 e. The summed E-state index contributed by atoms with van der Waals surface area (Å²) in [6.07, 6.45) is 0. The summed E-state index contributed by atoms with van der Waals surface area (Å²) in [4.78, 5) is 23.9. The van der Waals surface area contributed by atoms with E-state index in [1.165, 1.54) is 6.92 Å². The van der Waals surface area contributed by atoms with Crippen LogP contribution in [0.2, 0.25) is 0 Å². The minimum atomic E-state index is -5.09. The number of amides is 1. The van der Waals surface area contributed by atoms with Crippen LogP contribution in [0.3, 0.4) is 0 Å². The maximum atomic E-state index is 12.1. The standard InChI is InChI=1S/C21H16N6O9S3/c1-10(28)23-12-4-2-11(3-5-12)19-20(37-21(22)24-19)26-25-13-6-15-16(17(7-13)38(31,32)33)8-14(27(29)30)9-18(15)39(34,35)36/h2-9H,1H3,(H2,22,24)(H,23,28)(H,31,32,33)(H,34,35,36)/b26-25+. The van der Waals surface area contributed by atoms with Crippen LogP contribution in [0.1, 0.15) is 6.92 Å². The normalized spacial score (nSPS) is 12.2. The highest BCUT2D eigenvalue weighted by Gasteiger charge is 2.25. The number of aromatic nitrogens is 1. The van der Waals surface area contributed by atoms with E-state index in [-0.39, 0.29) is 21.7 Å². The van der Waals surface area contributed by atoms with Gasteiger partial charge in [0.05, 0.1) is 10.6 Å². The van der Waals surface area contributed by atoms with E-state index < -0.39 is 51.4 Å². The number of nitrogens with zero attached hydrogens (tertiary/aromatic N) is 4. The van der Waals surface area contributed by atoms with Gasteiger partial charge in [-0.15, -0.1) is 10.2 Å². The second-order valence-electron chi connectivity index (χ2n) is 7.85. The Hall–Kier alpha value is -4.36. The van der Waals surface area contributed by atoms with E-state index in [4.69, 9.17) is 5.73 Å². The van der Waals surface area contributed by atoms with Gasteiger partial charge in [0.1, 0.15) is 15.5 Å².